The van der Waals surface area contributed by atoms with Gasteiger partial charge in [-0.1, -0.05) is 13.8 Å². The van der Waals surface area contributed by atoms with Crippen molar-refractivity contribution in [3.63, 3.8) is 0 Å². The van der Waals surface area contributed by atoms with Gasteiger partial charge in [-0.25, -0.2) is 12.7 Å². The minimum atomic E-state index is -3.04. The molecule has 0 aromatic carbocycles. The minimum absolute atomic E-state index is 0. The summed E-state index contributed by atoms with van der Waals surface area (Å²) in [5.74, 6) is 1.13. The molecule has 1 rings (SSSR count). The van der Waals surface area contributed by atoms with Gasteiger partial charge in [0.25, 0.3) is 0 Å². The first-order valence-electron chi connectivity index (χ1n) is 6.02. The van der Waals surface area contributed by atoms with Crippen LogP contribution < -0.4 is 5.73 Å². The monoisotopic (exact) mass is 284 g/mol. The summed E-state index contributed by atoms with van der Waals surface area (Å²) < 4.78 is 25.2. The molecule has 0 amide bonds. The van der Waals surface area contributed by atoms with Gasteiger partial charge >= 0.3 is 0 Å². The lowest BCUT2D eigenvalue weighted by molar-refractivity contribution is 0.397. The predicted molar refractivity (Wildman–Crippen MR) is 73.8 cm³/mol. The van der Waals surface area contributed by atoms with E-state index in [1.54, 1.807) is 7.05 Å². The quantitative estimate of drug-likeness (QED) is 0.770. The number of halogens is 1. The van der Waals surface area contributed by atoms with Gasteiger partial charge in [0.2, 0.25) is 10.0 Å². The highest BCUT2D eigenvalue weighted by molar-refractivity contribution is 7.89. The van der Waals surface area contributed by atoms with Crippen LogP contribution in [0.4, 0.5) is 0 Å². The second-order valence-corrected chi connectivity index (χ2v) is 7.36. The Hall–Kier alpha value is 0.160. The normalized spacial score (nSPS) is 18.2. The Bertz CT molecular complexity index is 315. The molecule has 1 aliphatic rings. The van der Waals surface area contributed by atoms with Crippen LogP contribution in [0.15, 0.2) is 0 Å². The zero-order valence-corrected chi connectivity index (χ0v) is 12.6. The number of hydrogen-bond acceptors (Lipinski definition) is 3. The maximum atomic E-state index is 11.8. The van der Waals surface area contributed by atoms with E-state index in [0.717, 1.165) is 19.3 Å². The number of hydrogen-bond donors (Lipinski definition) is 1. The Labute approximate surface area is 111 Å². The average molecular weight is 285 g/mol. The molecule has 0 saturated heterocycles. The van der Waals surface area contributed by atoms with Crippen molar-refractivity contribution in [2.24, 2.45) is 17.6 Å². The van der Waals surface area contributed by atoms with Crippen LogP contribution in [0.1, 0.15) is 33.1 Å². The number of nitrogens with zero attached hydrogens (tertiary/aromatic N) is 1. The van der Waals surface area contributed by atoms with Crippen LogP contribution in [0, 0.1) is 11.8 Å². The maximum Gasteiger partial charge on any atom is 0.214 e. The zero-order valence-electron chi connectivity index (χ0n) is 10.9. The molecule has 2 N–H and O–H groups in total. The molecular weight excluding hydrogens is 260 g/mol. The number of nitrogens with two attached hydrogens (primary N) is 1. The van der Waals surface area contributed by atoms with Gasteiger partial charge in [-0.2, -0.15) is 0 Å². The number of sulfonamides is 1. The average Bonchev–Trinajstić information content (AvgIpc) is 2.96. The van der Waals surface area contributed by atoms with Crippen LogP contribution in [-0.4, -0.2) is 38.1 Å². The van der Waals surface area contributed by atoms with Gasteiger partial charge in [-0.3, -0.25) is 0 Å². The standard InChI is InChI=1S/C11H24N2O2S.ClH/c1-9(2)11(12)6-7-13(3)16(14,15)8-10-4-5-10;/h9-11H,4-8,12H2,1-3H3;1H. The van der Waals surface area contributed by atoms with Gasteiger partial charge in [0, 0.05) is 19.6 Å². The Morgan fingerprint density at radius 1 is 1.35 bits per heavy atom. The molecule has 6 heteroatoms. The topological polar surface area (TPSA) is 63.4 Å². The van der Waals surface area contributed by atoms with Crippen molar-refractivity contribution in [3.8, 4) is 0 Å². The molecule has 104 valence electrons. The van der Waals surface area contributed by atoms with Gasteiger partial charge in [0.15, 0.2) is 0 Å². The highest BCUT2D eigenvalue weighted by Gasteiger charge is 2.30. The summed E-state index contributed by atoms with van der Waals surface area (Å²) in [5, 5.41) is 0. The summed E-state index contributed by atoms with van der Waals surface area (Å²) in [5.41, 5.74) is 5.90. The second-order valence-electron chi connectivity index (χ2n) is 5.24. The van der Waals surface area contributed by atoms with Crippen LogP contribution in [-0.2, 0) is 10.0 Å². The van der Waals surface area contributed by atoms with Gasteiger partial charge < -0.3 is 5.73 Å². The van der Waals surface area contributed by atoms with Crippen LogP contribution in [0.3, 0.4) is 0 Å². The molecule has 1 unspecified atom stereocenters. The maximum absolute atomic E-state index is 11.8. The fourth-order valence-corrected chi connectivity index (χ4v) is 3.08. The predicted octanol–water partition coefficient (Wildman–Crippen LogP) is 1.45. The lowest BCUT2D eigenvalue weighted by Crippen LogP contribution is -2.36. The van der Waals surface area contributed by atoms with E-state index in [2.05, 4.69) is 13.8 Å². The molecule has 0 radical (unpaired) electrons. The highest BCUT2D eigenvalue weighted by atomic mass is 35.5. The Morgan fingerprint density at radius 2 is 1.88 bits per heavy atom. The fraction of sp³-hybridized carbons (Fsp3) is 1.00. The Morgan fingerprint density at radius 3 is 2.29 bits per heavy atom. The van der Waals surface area contributed by atoms with Gasteiger partial charge in [-0.05, 0) is 31.1 Å². The van der Waals surface area contributed by atoms with Crippen LogP contribution in [0.5, 0.6) is 0 Å². The molecular formula is C11H25ClN2O2S. The van der Waals surface area contributed by atoms with E-state index in [-0.39, 0.29) is 18.4 Å². The lowest BCUT2D eigenvalue weighted by Gasteiger charge is -2.21. The summed E-state index contributed by atoms with van der Waals surface area (Å²) >= 11 is 0. The summed E-state index contributed by atoms with van der Waals surface area (Å²) in [4.78, 5) is 0. The third-order valence-corrected chi connectivity index (χ3v) is 5.28. The number of rotatable bonds is 7. The molecule has 0 aliphatic heterocycles. The van der Waals surface area contributed by atoms with Crippen molar-refractivity contribution in [2.45, 2.75) is 39.2 Å². The second kappa shape index (κ2) is 6.92. The largest absolute Gasteiger partial charge is 0.327 e. The molecule has 1 atom stereocenters. The summed E-state index contributed by atoms with van der Waals surface area (Å²) in [6.45, 7) is 4.65. The lowest BCUT2D eigenvalue weighted by atomic mass is 10.0. The van der Waals surface area contributed by atoms with Crippen molar-refractivity contribution in [1.82, 2.24) is 4.31 Å². The first-order chi connectivity index (χ1) is 7.33. The van der Waals surface area contributed by atoms with E-state index < -0.39 is 10.0 Å². The molecule has 17 heavy (non-hydrogen) atoms. The van der Waals surface area contributed by atoms with E-state index in [9.17, 15) is 8.42 Å². The molecule has 1 saturated carbocycles. The molecule has 0 aromatic heterocycles. The van der Waals surface area contributed by atoms with Crippen LogP contribution in [0.25, 0.3) is 0 Å². The van der Waals surface area contributed by atoms with Crippen molar-refractivity contribution >= 4 is 22.4 Å². The van der Waals surface area contributed by atoms with Crippen molar-refractivity contribution in [1.29, 1.82) is 0 Å². The van der Waals surface area contributed by atoms with Crippen LogP contribution >= 0.6 is 12.4 Å². The molecule has 0 bridgehead atoms. The summed E-state index contributed by atoms with van der Waals surface area (Å²) in [6, 6.07) is 0.0820. The smallest absolute Gasteiger partial charge is 0.214 e. The zero-order chi connectivity index (χ0) is 12.3. The van der Waals surface area contributed by atoms with E-state index in [0.29, 0.717) is 24.1 Å². The van der Waals surface area contributed by atoms with Gasteiger partial charge in [0.1, 0.15) is 0 Å². The SMILES string of the molecule is CC(C)C(N)CCN(C)S(=O)(=O)CC1CC1.Cl. The van der Waals surface area contributed by atoms with Gasteiger partial charge in [0.05, 0.1) is 5.75 Å². The molecule has 0 heterocycles. The van der Waals surface area contributed by atoms with Crippen LogP contribution in [0.2, 0.25) is 0 Å². The first-order valence-corrected chi connectivity index (χ1v) is 7.63. The third kappa shape index (κ3) is 6.04. The molecule has 1 aliphatic carbocycles. The van der Waals surface area contributed by atoms with E-state index in [1.165, 1.54) is 4.31 Å². The summed E-state index contributed by atoms with van der Waals surface area (Å²) in [7, 11) is -1.38. The fourth-order valence-electron chi connectivity index (χ4n) is 1.51. The minimum Gasteiger partial charge on any atom is -0.327 e. The molecule has 4 nitrogen and oxygen atoms in total. The van der Waals surface area contributed by atoms with Gasteiger partial charge in [-0.15, -0.1) is 12.4 Å². The summed E-state index contributed by atoms with van der Waals surface area (Å²) in [6.07, 6.45) is 2.87. The van der Waals surface area contributed by atoms with Crippen molar-refractivity contribution in [3.05, 3.63) is 0 Å². The Balaban J connectivity index is 0.00000256. The third-order valence-electron chi connectivity index (χ3n) is 3.25. The molecule has 0 aromatic rings. The first kappa shape index (κ1) is 17.2. The molecule has 1 fully saturated rings. The Kier molecular flexibility index (Phi) is 6.99. The molecule has 0 spiro atoms. The highest BCUT2D eigenvalue weighted by Crippen LogP contribution is 2.30. The van der Waals surface area contributed by atoms with E-state index in [4.69, 9.17) is 5.73 Å². The van der Waals surface area contributed by atoms with E-state index in [1.807, 2.05) is 0 Å². The van der Waals surface area contributed by atoms with E-state index >= 15 is 0 Å². The van der Waals surface area contributed by atoms with Crippen molar-refractivity contribution in [2.75, 3.05) is 19.3 Å². The van der Waals surface area contributed by atoms with Crippen molar-refractivity contribution < 1.29 is 8.42 Å².